The van der Waals surface area contributed by atoms with E-state index in [1.165, 1.54) is 16.8 Å². The second kappa shape index (κ2) is 7.08. The number of aromatic nitrogens is 2. The molecule has 28 heavy (non-hydrogen) atoms. The average molecular weight is 373 g/mol. The molecule has 5 nitrogen and oxygen atoms in total. The highest BCUT2D eigenvalue weighted by molar-refractivity contribution is 6.04. The third-order valence-corrected chi connectivity index (χ3v) is 4.47. The zero-order valence-electron chi connectivity index (χ0n) is 15.0. The van der Waals surface area contributed by atoms with E-state index in [0.29, 0.717) is 22.3 Å². The molecule has 1 N–H and O–H groups in total. The molecule has 0 fully saturated rings. The minimum Gasteiger partial charge on any atom is -0.320 e. The van der Waals surface area contributed by atoms with Crippen molar-refractivity contribution in [1.29, 1.82) is 0 Å². The van der Waals surface area contributed by atoms with E-state index in [4.69, 9.17) is 0 Å². The van der Waals surface area contributed by atoms with Gasteiger partial charge in [0, 0.05) is 5.69 Å². The molecule has 0 aliphatic rings. The number of benzene rings is 3. The largest absolute Gasteiger partial charge is 0.320 e. The van der Waals surface area contributed by atoms with Crippen LogP contribution in [0.3, 0.4) is 0 Å². The van der Waals surface area contributed by atoms with Crippen LogP contribution >= 0.6 is 0 Å². The summed E-state index contributed by atoms with van der Waals surface area (Å²) >= 11 is 0. The minimum atomic E-state index is -0.596. The Labute approximate surface area is 160 Å². The van der Waals surface area contributed by atoms with Crippen molar-refractivity contribution in [2.45, 2.75) is 6.92 Å². The third kappa shape index (κ3) is 3.16. The van der Waals surface area contributed by atoms with Crippen LogP contribution in [0.5, 0.6) is 0 Å². The number of aryl methyl sites for hydroxylation is 1. The number of halogens is 1. The average Bonchev–Trinajstić information content (AvgIpc) is 2.71. The number of anilines is 1. The molecule has 0 aliphatic carbocycles. The second-order valence-corrected chi connectivity index (χ2v) is 6.35. The fourth-order valence-electron chi connectivity index (χ4n) is 3.00. The van der Waals surface area contributed by atoms with Crippen molar-refractivity contribution in [2.24, 2.45) is 0 Å². The smallest absolute Gasteiger partial charge is 0.280 e. The fourth-order valence-corrected chi connectivity index (χ4v) is 3.00. The summed E-state index contributed by atoms with van der Waals surface area (Å²) < 4.78 is 14.8. The zero-order chi connectivity index (χ0) is 19.7. The number of carbonyl (C=O) groups is 1. The van der Waals surface area contributed by atoms with Gasteiger partial charge >= 0.3 is 0 Å². The number of fused-ring (bicyclic) bond motifs is 1. The molecule has 138 valence electrons. The molecule has 0 saturated carbocycles. The molecule has 1 amide bonds. The van der Waals surface area contributed by atoms with E-state index in [1.807, 2.05) is 19.1 Å². The first-order valence-electron chi connectivity index (χ1n) is 8.69. The molecule has 0 unspecified atom stereocenters. The van der Waals surface area contributed by atoms with Gasteiger partial charge in [-0.25, -0.2) is 9.07 Å². The van der Waals surface area contributed by atoms with Crippen molar-refractivity contribution in [1.82, 2.24) is 9.78 Å². The van der Waals surface area contributed by atoms with E-state index in [2.05, 4.69) is 10.4 Å². The van der Waals surface area contributed by atoms with Gasteiger partial charge < -0.3 is 5.32 Å². The zero-order valence-corrected chi connectivity index (χ0v) is 15.0. The van der Waals surface area contributed by atoms with Crippen LogP contribution in [0, 0.1) is 12.7 Å². The summed E-state index contributed by atoms with van der Waals surface area (Å²) in [6, 6.07) is 19.8. The van der Waals surface area contributed by atoms with Crippen molar-refractivity contribution >= 4 is 22.5 Å². The van der Waals surface area contributed by atoms with Gasteiger partial charge in [0.15, 0.2) is 5.69 Å². The molecule has 1 heterocycles. The molecule has 0 atom stereocenters. The lowest BCUT2D eigenvalue weighted by molar-refractivity contribution is 0.102. The van der Waals surface area contributed by atoms with E-state index in [9.17, 15) is 14.0 Å². The third-order valence-electron chi connectivity index (χ3n) is 4.47. The Kier molecular flexibility index (Phi) is 4.45. The van der Waals surface area contributed by atoms with Crippen molar-refractivity contribution in [3.05, 3.63) is 100 Å². The molecule has 3 aromatic carbocycles. The van der Waals surface area contributed by atoms with Gasteiger partial charge in [0.05, 0.1) is 16.6 Å². The van der Waals surface area contributed by atoms with Crippen LogP contribution in [0.4, 0.5) is 10.1 Å². The summed E-state index contributed by atoms with van der Waals surface area (Å²) in [4.78, 5) is 25.7. The Balaban J connectivity index is 1.88. The summed E-state index contributed by atoms with van der Waals surface area (Å²) in [5, 5.41) is 7.40. The highest BCUT2D eigenvalue weighted by Gasteiger charge is 2.18. The number of hydrogen-bond donors (Lipinski definition) is 1. The molecule has 0 spiro atoms. The van der Waals surface area contributed by atoms with Crippen LogP contribution in [0.1, 0.15) is 16.1 Å². The van der Waals surface area contributed by atoms with Crippen molar-refractivity contribution in [2.75, 3.05) is 5.32 Å². The normalized spacial score (nSPS) is 10.8. The number of hydrogen-bond acceptors (Lipinski definition) is 3. The lowest BCUT2D eigenvalue weighted by Crippen LogP contribution is -2.27. The molecular formula is C22H16FN3O2. The van der Waals surface area contributed by atoms with E-state index < -0.39 is 11.3 Å². The Morgan fingerprint density at radius 3 is 2.39 bits per heavy atom. The van der Waals surface area contributed by atoms with Crippen LogP contribution in [0.2, 0.25) is 0 Å². The van der Waals surface area contributed by atoms with Crippen LogP contribution in [0.15, 0.2) is 77.6 Å². The Bertz CT molecular complexity index is 1250. The van der Waals surface area contributed by atoms with Crippen LogP contribution in [-0.2, 0) is 0 Å². The van der Waals surface area contributed by atoms with Gasteiger partial charge in [-0.1, -0.05) is 30.3 Å². The second-order valence-electron chi connectivity index (χ2n) is 6.35. The van der Waals surface area contributed by atoms with E-state index in [0.717, 1.165) is 5.56 Å². The quantitative estimate of drug-likeness (QED) is 0.588. The lowest BCUT2D eigenvalue weighted by atomic mass is 10.1. The van der Waals surface area contributed by atoms with Gasteiger partial charge in [-0.2, -0.15) is 5.10 Å². The molecule has 0 saturated heterocycles. The maximum atomic E-state index is 13.3. The number of nitrogens with zero attached hydrogens (tertiary/aromatic N) is 2. The van der Waals surface area contributed by atoms with Crippen LogP contribution < -0.4 is 10.7 Å². The van der Waals surface area contributed by atoms with E-state index in [1.54, 1.807) is 48.5 Å². The van der Waals surface area contributed by atoms with Gasteiger partial charge in [-0.3, -0.25) is 9.59 Å². The van der Waals surface area contributed by atoms with E-state index >= 15 is 0 Å². The Morgan fingerprint density at radius 1 is 0.964 bits per heavy atom. The number of nitrogens with one attached hydrogen (secondary N) is 1. The minimum absolute atomic E-state index is 0.230. The highest BCUT2D eigenvalue weighted by Crippen LogP contribution is 2.18. The predicted molar refractivity (Wildman–Crippen MR) is 106 cm³/mol. The number of rotatable bonds is 3. The highest BCUT2D eigenvalue weighted by atomic mass is 19.1. The fraction of sp³-hybridized carbons (Fsp3) is 0.0455. The summed E-state index contributed by atoms with van der Waals surface area (Å²) in [6.45, 7) is 1.86. The van der Waals surface area contributed by atoms with Gasteiger partial charge in [0.25, 0.3) is 5.91 Å². The molecule has 6 heteroatoms. The summed E-state index contributed by atoms with van der Waals surface area (Å²) in [5.74, 6) is -0.979. The van der Waals surface area contributed by atoms with Crippen molar-refractivity contribution in [3.63, 3.8) is 0 Å². The number of carbonyl (C=O) groups excluding carboxylic acids is 1. The molecule has 0 radical (unpaired) electrons. The maximum absolute atomic E-state index is 13.3. The first kappa shape index (κ1) is 17.6. The topological polar surface area (TPSA) is 64.0 Å². The van der Waals surface area contributed by atoms with Crippen LogP contribution in [-0.4, -0.2) is 15.7 Å². The Morgan fingerprint density at radius 2 is 1.64 bits per heavy atom. The van der Waals surface area contributed by atoms with Gasteiger partial charge in [-0.15, -0.1) is 0 Å². The Hall–Kier alpha value is -3.80. The van der Waals surface area contributed by atoms with Crippen LogP contribution in [0.25, 0.3) is 16.6 Å². The predicted octanol–water partition coefficient (Wildman–Crippen LogP) is 4.09. The molecule has 0 bridgehead atoms. The molecule has 1 aromatic heterocycles. The standard InChI is InChI=1S/C22H16FN3O2/c1-14-6-2-4-8-18(14)24-22(28)20-21(27)17-7-3-5-9-19(17)26(25-20)16-12-10-15(23)11-13-16/h2-13H,1H3,(H,24,28). The van der Waals surface area contributed by atoms with Gasteiger partial charge in [0.1, 0.15) is 5.82 Å². The first-order valence-corrected chi connectivity index (χ1v) is 8.69. The van der Waals surface area contributed by atoms with Crippen molar-refractivity contribution < 1.29 is 9.18 Å². The monoisotopic (exact) mass is 373 g/mol. The number of amides is 1. The maximum Gasteiger partial charge on any atom is 0.280 e. The molecular weight excluding hydrogens is 357 g/mol. The summed E-state index contributed by atoms with van der Waals surface area (Å²) in [6.07, 6.45) is 0. The number of para-hydroxylation sites is 2. The van der Waals surface area contributed by atoms with Gasteiger partial charge in [0.2, 0.25) is 5.43 Å². The summed E-state index contributed by atoms with van der Waals surface area (Å²) in [7, 11) is 0. The van der Waals surface area contributed by atoms with Crippen molar-refractivity contribution in [3.8, 4) is 5.69 Å². The molecule has 4 rings (SSSR count). The summed E-state index contributed by atoms with van der Waals surface area (Å²) in [5.41, 5.74) is 1.87. The first-order chi connectivity index (χ1) is 13.5. The molecule has 4 aromatic rings. The SMILES string of the molecule is Cc1ccccc1NC(=O)c1nn(-c2ccc(F)cc2)c2ccccc2c1=O. The molecule has 0 aliphatic heterocycles. The van der Waals surface area contributed by atoms with Gasteiger partial charge in [-0.05, 0) is 55.0 Å². The lowest BCUT2D eigenvalue weighted by Gasteiger charge is -2.13. The van der Waals surface area contributed by atoms with E-state index in [-0.39, 0.29) is 11.5 Å².